The van der Waals surface area contributed by atoms with E-state index in [0.717, 1.165) is 12.0 Å². The standard InChI is InChI=1S/C14H18N2OS2/c1-3-10-5-7-11(8-6-10)9-12-13(17)16-14(18)19(12,15)4-2/h5-9H,3-4,15H2,1-2H3,(H,16,17,18). The molecule has 0 aliphatic carbocycles. The van der Waals surface area contributed by atoms with Crippen molar-refractivity contribution in [2.45, 2.75) is 20.3 Å². The molecule has 1 aliphatic rings. The summed E-state index contributed by atoms with van der Waals surface area (Å²) in [7, 11) is -1.79. The molecular formula is C14H18N2OS2. The molecule has 19 heavy (non-hydrogen) atoms. The van der Waals surface area contributed by atoms with Gasteiger partial charge in [0.05, 0.1) is 4.91 Å². The molecule has 3 nitrogen and oxygen atoms in total. The molecule has 0 radical (unpaired) electrons. The highest BCUT2D eigenvalue weighted by atomic mass is 32.3. The number of carbonyl (C=O) groups is 1. The van der Waals surface area contributed by atoms with Crippen LogP contribution in [0.4, 0.5) is 0 Å². The molecule has 102 valence electrons. The SMILES string of the molecule is CCc1ccc(C=C2C(=O)NC(=S)S2(N)CC)cc1. The third kappa shape index (κ3) is 2.59. The Labute approximate surface area is 120 Å². The van der Waals surface area contributed by atoms with Crippen LogP contribution in [0.3, 0.4) is 0 Å². The van der Waals surface area contributed by atoms with Gasteiger partial charge < -0.3 is 5.32 Å². The van der Waals surface area contributed by atoms with Gasteiger partial charge in [0.15, 0.2) is 0 Å². The van der Waals surface area contributed by atoms with Crippen LogP contribution in [-0.2, 0) is 11.2 Å². The van der Waals surface area contributed by atoms with Crippen molar-refractivity contribution in [1.29, 1.82) is 0 Å². The highest BCUT2D eigenvalue weighted by Gasteiger charge is 2.39. The van der Waals surface area contributed by atoms with Crippen LogP contribution < -0.4 is 10.5 Å². The third-order valence-electron chi connectivity index (χ3n) is 3.30. The van der Waals surface area contributed by atoms with Crippen LogP contribution in [0.1, 0.15) is 25.0 Å². The fourth-order valence-electron chi connectivity index (χ4n) is 1.97. The second-order valence-corrected chi connectivity index (χ2v) is 8.11. The Morgan fingerprint density at radius 2 is 1.95 bits per heavy atom. The molecule has 1 aliphatic heterocycles. The first-order valence-electron chi connectivity index (χ1n) is 6.26. The topological polar surface area (TPSA) is 55.1 Å². The number of hydrogen-bond acceptors (Lipinski definition) is 3. The van der Waals surface area contributed by atoms with Crippen molar-refractivity contribution in [1.82, 2.24) is 5.32 Å². The summed E-state index contributed by atoms with van der Waals surface area (Å²) >= 11 is 5.20. The lowest BCUT2D eigenvalue weighted by Gasteiger charge is -2.27. The van der Waals surface area contributed by atoms with Crippen molar-refractivity contribution in [2.24, 2.45) is 5.14 Å². The maximum atomic E-state index is 12.0. The van der Waals surface area contributed by atoms with Crippen LogP contribution in [0.5, 0.6) is 0 Å². The molecule has 0 bridgehead atoms. The van der Waals surface area contributed by atoms with Crippen molar-refractivity contribution >= 4 is 38.7 Å². The maximum Gasteiger partial charge on any atom is 0.263 e. The Bertz CT molecular complexity index is 551. The molecule has 0 spiro atoms. The minimum Gasteiger partial charge on any atom is -0.307 e. The van der Waals surface area contributed by atoms with E-state index >= 15 is 0 Å². The van der Waals surface area contributed by atoms with Crippen molar-refractivity contribution in [3.63, 3.8) is 0 Å². The van der Waals surface area contributed by atoms with E-state index in [4.69, 9.17) is 17.4 Å². The van der Waals surface area contributed by atoms with Crippen LogP contribution in [0, 0.1) is 0 Å². The van der Waals surface area contributed by atoms with Crippen LogP contribution >= 0.6 is 22.4 Å². The van der Waals surface area contributed by atoms with Gasteiger partial charge in [-0.15, -0.1) is 10.2 Å². The number of aryl methyl sites for hydroxylation is 1. The summed E-state index contributed by atoms with van der Waals surface area (Å²) in [5.74, 6) is 0.535. The van der Waals surface area contributed by atoms with E-state index in [1.165, 1.54) is 5.56 Å². The van der Waals surface area contributed by atoms with E-state index in [1.54, 1.807) is 0 Å². The van der Waals surface area contributed by atoms with Gasteiger partial charge in [-0.05, 0) is 29.4 Å². The fourth-order valence-corrected chi connectivity index (χ4v) is 4.46. The van der Waals surface area contributed by atoms with Crippen molar-refractivity contribution < 1.29 is 4.79 Å². The molecule has 1 aromatic carbocycles. The van der Waals surface area contributed by atoms with E-state index in [0.29, 0.717) is 15.0 Å². The van der Waals surface area contributed by atoms with Crippen molar-refractivity contribution in [3.05, 3.63) is 40.3 Å². The Morgan fingerprint density at radius 1 is 1.32 bits per heavy atom. The van der Waals surface area contributed by atoms with Gasteiger partial charge in [0.25, 0.3) is 5.91 Å². The Hall–Kier alpha value is -1.17. The van der Waals surface area contributed by atoms with Gasteiger partial charge in [-0.3, -0.25) is 9.93 Å². The summed E-state index contributed by atoms with van der Waals surface area (Å²) < 4.78 is 0.497. The monoisotopic (exact) mass is 294 g/mol. The van der Waals surface area contributed by atoms with Gasteiger partial charge >= 0.3 is 0 Å². The predicted octanol–water partition coefficient (Wildman–Crippen LogP) is 2.70. The van der Waals surface area contributed by atoms with Crippen LogP contribution in [-0.4, -0.2) is 16.0 Å². The summed E-state index contributed by atoms with van der Waals surface area (Å²) in [6.45, 7) is 4.08. The molecule has 1 heterocycles. The molecule has 3 N–H and O–H groups in total. The molecule has 1 saturated heterocycles. The largest absolute Gasteiger partial charge is 0.307 e. The highest BCUT2D eigenvalue weighted by Crippen LogP contribution is 2.53. The summed E-state index contributed by atoms with van der Waals surface area (Å²) in [6.07, 6.45) is 2.87. The minimum absolute atomic E-state index is 0.149. The molecule has 1 unspecified atom stereocenters. The van der Waals surface area contributed by atoms with E-state index in [2.05, 4.69) is 24.4 Å². The van der Waals surface area contributed by atoms with Gasteiger partial charge in [0.1, 0.15) is 4.32 Å². The average Bonchev–Trinajstić information content (AvgIpc) is 2.64. The van der Waals surface area contributed by atoms with Crippen molar-refractivity contribution in [2.75, 3.05) is 5.75 Å². The van der Waals surface area contributed by atoms with Gasteiger partial charge in [-0.25, -0.2) is 0 Å². The number of benzene rings is 1. The molecule has 5 heteroatoms. The van der Waals surface area contributed by atoms with Crippen LogP contribution in [0.15, 0.2) is 29.2 Å². The first-order chi connectivity index (χ1) is 9.01. The number of carbonyl (C=O) groups excluding carboxylic acids is 1. The van der Waals surface area contributed by atoms with Gasteiger partial charge in [-0.1, -0.05) is 50.3 Å². The Morgan fingerprint density at radius 3 is 2.47 bits per heavy atom. The highest BCUT2D eigenvalue weighted by molar-refractivity contribution is 8.52. The summed E-state index contributed by atoms with van der Waals surface area (Å²) in [6, 6.07) is 8.15. The molecule has 1 atom stereocenters. The number of nitrogens with two attached hydrogens (primary N) is 1. The number of hydrogen-bond donors (Lipinski definition) is 2. The summed E-state index contributed by atoms with van der Waals surface area (Å²) in [5.41, 5.74) is 2.26. The first-order valence-corrected chi connectivity index (χ1v) is 8.53. The van der Waals surface area contributed by atoms with E-state index in [1.807, 2.05) is 25.1 Å². The number of thiocarbonyl (C=S) groups is 1. The zero-order valence-corrected chi connectivity index (χ0v) is 12.7. The second-order valence-electron chi connectivity index (χ2n) is 4.43. The number of amides is 1. The Kier molecular flexibility index (Phi) is 4.08. The molecule has 0 aromatic heterocycles. The predicted molar refractivity (Wildman–Crippen MR) is 86.9 cm³/mol. The lowest BCUT2D eigenvalue weighted by atomic mass is 10.1. The fraction of sp³-hybridized carbons (Fsp3) is 0.286. The van der Waals surface area contributed by atoms with Crippen LogP contribution in [0.25, 0.3) is 6.08 Å². The molecule has 2 rings (SSSR count). The molecule has 1 amide bonds. The summed E-state index contributed by atoms with van der Waals surface area (Å²) in [5, 5.41) is 9.02. The molecular weight excluding hydrogens is 276 g/mol. The van der Waals surface area contributed by atoms with Gasteiger partial charge in [0, 0.05) is 0 Å². The number of rotatable bonds is 3. The van der Waals surface area contributed by atoms with Crippen LogP contribution in [0.2, 0.25) is 0 Å². The average molecular weight is 294 g/mol. The molecule has 0 saturated carbocycles. The van der Waals surface area contributed by atoms with Crippen molar-refractivity contribution in [3.8, 4) is 0 Å². The van der Waals surface area contributed by atoms with Gasteiger partial charge in [-0.2, -0.15) is 0 Å². The third-order valence-corrected chi connectivity index (χ3v) is 7.06. The van der Waals surface area contributed by atoms with E-state index in [9.17, 15) is 4.79 Å². The van der Waals surface area contributed by atoms with E-state index < -0.39 is 10.2 Å². The zero-order valence-electron chi connectivity index (χ0n) is 11.1. The smallest absolute Gasteiger partial charge is 0.263 e. The first kappa shape index (κ1) is 14.2. The van der Waals surface area contributed by atoms with Gasteiger partial charge in [0.2, 0.25) is 0 Å². The van der Waals surface area contributed by atoms with E-state index in [-0.39, 0.29) is 5.91 Å². The lowest BCUT2D eigenvalue weighted by molar-refractivity contribution is -0.115. The normalized spacial score (nSPS) is 28.3. The lowest BCUT2D eigenvalue weighted by Crippen LogP contribution is -2.23. The zero-order chi connectivity index (χ0) is 14.0. The molecule has 1 fully saturated rings. The Balaban J connectivity index is 2.40. The quantitative estimate of drug-likeness (QED) is 0.666. The minimum atomic E-state index is -1.79. The molecule has 1 aromatic rings. The summed E-state index contributed by atoms with van der Waals surface area (Å²) in [4.78, 5) is 12.6. The maximum absolute atomic E-state index is 12.0. The number of nitrogens with one attached hydrogen (secondary N) is 1. The second kappa shape index (κ2) is 5.45.